The van der Waals surface area contributed by atoms with Crippen LogP contribution >= 0.6 is 15.9 Å². The van der Waals surface area contributed by atoms with Crippen LogP contribution in [-0.2, 0) is 12.0 Å². The molecule has 16 heavy (non-hydrogen) atoms. The third-order valence-corrected chi connectivity index (χ3v) is 3.79. The lowest BCUT2D eigenvalue weighted by Crippen LogP contribution is -2.37. The summed E-state index contributed by atoms with van der Waals surface area (Å²) in [4.78, 5) is 0. The quantitative estimate of drug-likeness (QED) is 0.776. The van der Waals surface area contributed by atoms with E-state index in [-0.39, 0.29) is 5.41 Å². The molecule has 0 fully saturated rings. The van der Waals surface area contributed by atoms with Crippen molar-refractivity contribution in [2.24, 2.45) is 5.41 Å². The minimum absolute atomic E-state index is 0.115. The average molecular weight is 281 g/mol. The van der Waals surface area contributed by atoms with Crippen molar-refractivity contribution in [1.29, 1.82) is 0 Å². The van der Waals surface area contributed by atoms with Crippen LogP contribution in [0, 0.1) is 5.41 Å². The predicted molar refractivity (Wildman–Crippen MR) is 70.3 cm³/mol. The zero-order valence-corrected chi connectivity index (χ0v) is 11.3. The van der Waals surface area contributed by atoms with Crippen molar-refractivity contribution in [2.75, 3.05) is 0 Å². The van der Waals surface area contributed by atoms with Crippen LogP contribution in [0.2, 0.25) is 0 Å². The number of hydrogen-bond acceptors (Lipinski definition) is 1. The number of rotatable bonds is 1. The van der Waals surface area contributed by atoms with Crippen LogP contribution in [0.5, 0.6) is 0 Å². The summed E-state index contributed by atoms with van der Waals surface area (Å²) in [5, 5.41) is 10.7. The van der Waals surface area contributed by atoms with Crippen LogP contribution < -0.4 is 0 Å². The molecule has 1 N–H and O–H groups in total. The summed E-state index contributed by atoms with van der Waals surface area (Å²) < 4.78 is 1.01. The highest BCUT2D eigenvalue weighted by Gasteiger charge is 2.40. The molecule has 1 aromatic rings. The number of halogens is 1. The van der Waals surface area contributed by atoms with E-state index in [1.165, 1.54) is 5.56 Å². The summed E-state index contributed by atoms with van der Waals surface area (Å²) in [5.41, 5.74) is 1.45. The molecule has 0 saturated heterocycles. The second-order valence-corrected chi connectivity index (χ2v) is 6.36. The van der Waals surface area contributed by atoms with E-state index < -0.39 is 5.60 Å². The van der Waals surface area contributed by atoms with Crippen molar-refractivity contribution in [2.45, 2.75) is 32.3 Å². The number of aliphatic hydroxyl groups is 1. The van der Waals surface area contributed by atoms with Gasteiger partial charge in [-0.3, -0.25) is 0 Å². The van der Waals surface area contributed by atoms with Gasteiger partial charge in [-0.25, -0.2) is 0 Å². The van der Waals surface area contributed by atoms with Crippen molar-refractivity contribution in [3.05, 3.63) is 46.5 Å². The first-order chi connectivity index (χ1) is 7.36. The Balaban J connectivity index is 2.60. The Kier molecular flexibility index (Phi) is 2.75. The second-order valence-electron chi connectivity index (χ2n) is 5.45. The highest BCUT2D eigenvalue weighted by Crippen LogP contribution is 2.45. The molecule has 0 amide bonds. The normalized spacial score (nSPS) is 27.2. The number of fused-ring (bicyclic) bond motifs is 1. The van der Waals surface area contributed by atoms with Crippen molar-refractivity contribution in [3.8, 4) is 0 Å². The van der Waals surface area contributed by atoms with Crippen LogP contribution in [0.4, 0.5) is 0 Å². The molecule has 86 valence electrons. The lowest BCUT2D eigenvalue weighted by atomic mass is 9.67. The van der Waals surface area contributed by atoms with Crippen LogP contribution in [0.1, 0.15) is 31.4 Å². The van der Waals surface area contributed by atoms with Gasteiger partial charge in [0, 0.05) is 4.47 Å². The molecule has 0 aromatic heterocycles. The summed E-state index contributed by atoms with van der Waals surface area (Å²) in [6.45, 7) is 8.16. The van der Waals surface area contributed by atoms with Gasteiger partial charge >= 0.3 is 0 Å². The van der Waals surface area contributed by atoms with Crippen molar-refractivity contribution in [1.82, 2.24) is 0 Å². The SMILES string of the molecule is C=CC1(O)CC(C)(C)Cc2ccc(Br)cc21. The van der Waals surface area contributed by atoms with Gasteiger partial charge in [0.1, 0.15) is 5.60 Å². The van der Waals surface area contributed by atoms with E-state index in [0.29, 0.717) is 0 Å². The molecule has 1 atom stereocenters. The molecule has 0 radical (unpaired) electrons. The lowest BCUT2D eigenvalue weighted by molar-refractivity contribution is 0.0262. The molecule has 0 aliphatic heterocycles. The first kappa shape index (κ1) is 11.9. The Morgan fingerprint density at radius 3 is 2.75 bits per heavy atom. The van der Waals surface area contributed by atoms with Gasteiger partial charge in [0.25, 0.3) is 0 Å². The van der Waals surface area contributed by atoms with Crippen LogP contribution in [-0.4, -0.2) is 5.11 Å². The zero-order chi connectivity index (χ0) is 12.0. The molecule has 1 nitrogen and oxygen atoms in total. The van der Waals surface area contributed by atoms with Crippen molar-refractivity contribution < 1.29 is 5.11 Å². The summed E-state index contributed by atoms with van der Waals surface area (Å²) in [5.74, 6) is 0. The zero-order valence-electron chi connectivity index (χ0n) is 9.76. The van der Waals surface area contributed by atoms with E-state index in [2.05, 4.69) is 42.4 Å². The maximum Gasteiger partial charge on any atom is 0.108 e. The summed E-state index contributed by atoms with van der Waals surface area (Å²) in [7, 11) is 0. The smallest absolute Gasteiger partial charge is 0.108 e. The van der Waals surface area contributed by atoms with Gasteiger partial charge < -0.3 is 5.11 Å². The third-order valence-electron chi connectivity index (χ3n) is 3.29. The lowest BCUT2D eigenvalue weighted by Gasteiger charge is -2.41. The van der Waals surface area contributed by atoms with Gasteiger partial charge in [0.05, 0.1) is 0 Å². The van der Waals surface area contributed by atoms with Crippen LogP contribution in [0.15, 0.2) is 35.3 Å². The fourth-order valence-electron chi connectivity index (χ4n) is 2.69. The molecule has 0 bridgehead atoms. The maximum atomic E-state index is 10.7. The standard InChI is InChI=1S/C14H17BrO/c1-4-14(16)9-13(2,3)8-10-5-6-11(15)7-12(10)14/h4-7,16H,1,8-9H2,2-3H3. The molecule has 1 unspecified atom stereocenters. The van der Waals surface area contributed by atoms with E-state index in [1.807, 2.05) is 12.1 Å². The van der Waals surface area contributed by atoms with Crippen molar-refractivity contribution >= 4 is 15.9 Å². The van der Waals surface area contributed by atoms with Crippen LogP contribution in [0.25, 0.3) is 0 Å². The minimum Gasteiger partial charge on any atom is -0.381 e. The fourth-order valence-corrected chi connectivity index (χ4v) is 3.05. The Labute approximate surface area is 105 Å². The molecule has 2 heteroatoms. The average Bonchev–Trinajstić information content (AvgIpc) is 2.18. The molecular formula is C14H17BrO. The summed E-state index contributed by atoms with van der Waals surface area (Å²) in [6.07, 6.45) is 3.40. The molecule has 1 aliphatic carbocycles. The van der Waals surface area contributed by atoms with Gasteiger partial charge in [0.2, 0.25) is 0 Å². The van der Waals surface area contributed by atoms with E-state index in [1.54, 1.807) is 6.08 Å². The fraction of sp³-hybridized carbons (Fsp3) is 0.429. The third kappa shape index (κ3) is 1.96. The van der Waals surface area contributed by atoms with E-state index in [9.17, 15) is 5.11 Å². The predicted octanol–water partition coefficient (Wildman–Crippen LogP) is 3.80. The van der Waals surface area contributed by atoms with E-state index in [0.717, 1.165) is 22.9 Å². The minimum atomic E-state index is -0.888. The van der Waals surface area contributed by atoms with Crippen molar-refractivity contribution in [3.63, 3.8) is 0 Å². The molecule has 2 rings (SSSR count). The van der Waals surface area contributed by atoms with Gasteiger partial charge in [-0.15, -0.1) is 0 Å². The first-order valence-corrected chi connectivity index (χ1v) is 6.30. The molecule has 0 spiro atoms. The Hall–Kier alpha value is -0.600. The number of benzene rings is 1. The highest BCUT2D eigenvalue weighted by atomic mass is 79.9. The van der Waals surface area contributed by atoms with Gasteiger partial charge in [0.15, 0.2) is 0 Å². The summed E-state index contributed by atoms with van der Waals surface area (Å²) in [6, 6.07) is 6.13. The molecule has 0 heterocycles. The number of hydrogen-bond donors (Lipinski definition) is 1. The Bertz CT molecular complexity index is 436. The monoisotopic (exact) mass is 280 g/mol. The highest BCUT2D eigenvalue weighted by molar-refractivity contribution is 9.10. The topological polar surface area (TPSA) is 20.2 Å². The maximum absolute atomic E-state index is 10.7. The second kappa shape index (κ2) is 3.71. The van der Waals surface area contributed by atoms with Gasteiger partial charge in [-0.2, -0.15) is 0 Å². The largest absolute Gasteiger partial charge is 0.381 e. The summed E-state index contributed by atoms with van der Waals surface area (Å²) >= 11 is 3.45. The molecular weight excluding hydrogens is 264 g/mol. The van der Waals surface area contributed by atoms with E-state index >= 15 is 0 Å². The first-order valence-electron chi connectivity index (χ1n) is 5.51. The Morgan fingerprint density at radius 1 is 1.44 bits per heavy atom. The molecule has 1 aromatic carbocycles. The van der Waals surface area contributed by atoms with Gasteiger partial charge in [-0.05, 0) is 41.5 Å². The van der Waals surface area contributed by atoms with Crippen LogP contribution in [0.3, 0.4) is 0 Å². The molecule has 0 saturated carbocycles. The Morgan fingerprint density at radius 2 is 2.12 bits per heavy atom. The van der Waals surface area contributed by atoms with Gasteiger partial charge in [-0.1, -0.05) is 48.5 Å². The van der Waals surface area contributed by atoms with E-state index in [4.69, 9.17) is 0 Å². The molecule has 1 aliphatic rings.